The summed E-state index contributed by atoms with van der Waals surface area (Å²) in [6, 6.07) is 2.91. The van der Waals surface area contributed by atoms with Gasteiger partial charge < -0.3 is 19.4 Å². The van der Waals surface area contributed by atoms with Crippen molar-refractivity contribution in [2.75, 3.05) is 29.9 Å². The Bertz CT molecular complexity index is 1610. The summed E-state index contributed by atoms with van der Waals surface area (Å²) in [5.74, 6) is 1.79. The zero-order chi connectivity index (χ0) is 28.4. The van der Waals surface area contributed by atoms with Crippen LogP contribution in [0.4, 0.5) is 20.7 Å². The van der Waals surface area contributed by atoms with E-state index in [-0.39, 0.29) is 11.4 Å². The van der Waals surface area contributed by atoms with Crippen molar-refractivity contribution >= 4 is 39.5 Å². The highest BCUT2D eigenvalue weighted by atomic mass is 19.1. The van der Waals surface area contributed by atoms with Gasteiger partial charge in [-0.1, -0.05) is 13.3 Å². The second-order valence-electron chi connectivity index (χ2n) is 12.3. The maximum Gasteiger partial charge on any atom is 0.414 e. The van der Waals surface area contributed by atoms with Crippen molar-refractivity contribution < 1.29 is 18.7 Å². The molecule has 0 unspecified atom stereocenters. The third-order valence-electron chi connectivity index (χ3n) is 8.04. The third kappa shape index (κ3) is 4.67. The van der Waals surface area contributed by atoms with Crippen molar-refractivity contribution in [1.29, 1.82) is 0 Å². The van der Waals surface area contributed by atoms with Gasteiger partial charge in [0.2, 0.25) is 0 Å². The van der Waals surface area contributed by atoms with E-state index in [4.69, 9.17) is 14.5 Å². The van der Waals surface area contributed by atoms with Gasteiger partial charge in [-0.25, -0.2) is 19.2 Å². The topological polar surface area (TPSA) is 109 Å². The summed E-state index contributed by atoms with van der Waals surface area (Å²) in [4.78, 5) is 37.8. The third-order valence-corrected chi connectivity index (χ3v) is 8.04. The van der Waals surface area contributed by atoms with E-state index in [2.05, 4.69) is 31.8 Å². The van der Waals surface area contributed by atoms with Crippen molar-refractivity contribution in [2.24, 2.45) is 11.3 Å². The standard InChI is InChI=1S/C29H34FN7O3/c1-16-31-12-19(13-32-16)39-26-34-24-22(25(35-26)37-14-17-8-7-9-29(17,5)15-37)20-10-18(30)11-21(23(20)33-24)36(6)27(38)40-28(2,3)4/h10-13,17H,7-9,14-15H2,1-6H3,(H,33,34,35)/t17-,29+/m0/s1. The molecule has 2 aliphatic rings. The minimum Gasteiger partial charge on any atom is -0.443 e. The van der Waals surface area contributed by atoms with Gasteiger partial charge in [0.05, 0.1) is 29.0 Å². The molecule has 10 nitrogen and oxygen atoms in total. The lowest BCUT2D eigenvalue weighted by molar-refractivity contribution is 0.0589. The summed E-state index contributed by atoms with van der Waals surface area (Å²) in [6.45, 7) is 11.2. The average molecular weight is 548 g/mol. The van der Waals surface area contributed by atoms with Crippen molar-refractivity contribution in [2.45, 2.75) is 59.5 Å². The lowest BCUT2D eigenvalue weighted by atomic mass is 9.83. The molecule has 4 aromatic rings. The molecule has 210 valence electrons. The summed E-state index contributed by atoms with van der Waals surface area (Å²) < 4.78 is 26.7. The predicted molar refractivity (Wildman–Crippen MR) is 150 cm³/mol. The number of nitrogens with zero attached hydrogens (tertiary/aromatic N) is 6. The Morgan fingerprint density at radius 3 is 2.67 bits per heavy atom. The van der Waals surface area contributed by atoms with Crippen LogP contribution in [0.5, 0.6) is 11.8 Å². The number of anilines is 2. The summed E-state index contributed by atoms with van der Waals surface area (Å²) in [5.41, 5.74) is 0.874. The Kier molecular flexibility index (Phi) is 6.08. The molecule has 0 radical (unpaired) electrons. The number of amides is 1. The molecular formula is C29H34FN7O3. The second-order valence-corrected chi connectivity index (χ2v) is 12.3. The van der Waals surface area contributed by atoms with Crippen molar-refractivity contribution in [3.63, 3.8) is 0 Å². The molecule has 11 heteroatoms. The first kappa shape index (κ1) is 26.2. The van der Waals surface area contributed by atoms with Crippen LogP contribution >= 0.6 is 0 Å². The van der Waals surface area contributed by atoms with Gasteiger partial charge in [0.25, 0.3) is 0 Å². The lowest BCUT2D eigenvalue weighted by Gasteiger charge is -2.25. The number of aromatic amines is 1. The molecule has 4 heterocycles. The van der Waals surface area contributed by atoms with Crippen molar-refractivity contribution in [1.82, 2.24) is 24.9 Å². The predicted octanol–water partition coefficient (Wildman–Crippen LogP) is 6.14. The van der Waals surface area contributed by atoms with Gasteiger partial charge in [0.1, 0.15) is 28.7 Å². The highest BCUT2D eigenvalue weighted by Gasteiger charge is 2.46. The number of H-pyrrole nitrogens is 1. The first-order chi connectivity index (χ1) is 18.9. The molecule has 1 saturated carbocycles. The lowest BCUT2D eigenvalue weighted by Crippen LogP contribution is -2.34. The van der Waals surface area contributed by atoms with Crippen molar-refractivity contribution in [3.05, 3.63) is 36.2 Å². The van der Waals surface area contributed by atoms with Crippen LogP contribution in [0.15, 0.2) is 24.5 Å². The minimum absolute atomic E-state index is 0.131. The Labute approximate surface area is 231 Å². The highest BCUT2D eigenvalue weighted by Crippen LogP contribution is 2.50. The number of carbonyl (C=O) groups is 1. The fourth-order valence-corrected chi connectivity index (χ4v) is 6.07. The number of rotatable bonds is 4. The molecule has 6 rings (SSSR count). The van der Waals surface area contributed by atoms with E-state index in [1.807, 2.05) is 0 Å². The molecule has 0 spiro atoms. The summed E-state index contributed by atoms with van der Waals surface area (Å²) >= 11 is 0. The van der Waals surface area contributed by atoms with Crippen LogP contribution in [-0.4, -0.2) is 56.8 Å². The van der Waals surface area contributed by atoms with E-state index < -0.39 is 17.5 Å². The maximum atomic E-state index is 15.1. The molecule has 1 N–H and O–H groups in total. The number of nitrogens with one attached hydrogen (secondary N) is 1. The van der Waals surface area contributed by atoms with Gasteiger partial charge in [-0.05, 0) is 64.0 Å². The van der Waals surface area contributed by atoms with Gasteiger partial charge in [-0.15, -0.1) is 0 Å². The number of halogens is 1. The van der Waals surface area contributed by atoms with Crippen LogP contribution < -0.4 is 14.5 Å². The number of hydrogen-bond acceptors (Lipinski definition) is 8. The molecule has 40 heavy (non-hydrogen) atoms. The summed E-state index contributed by atoms with van der Waals surface area (Å²) in [7, 11) is 1.56. The fraction of sp³-hybridized carbons (Fsp3) is 0.483. The van der Waals surface area contributed by atoms with Gasteiger partial charge >= 0.3 is 12.1 Å². The molecule has 1 aliphatic carbocycles. The van der Waals surface area contributed by atoms with E-state index in [0.717, 1.165) is 13.1 Å². The Morgan fingerprint density at radius 2 is 1.98 bits per heavy atom. The second kappa shape index (κ2) is 9.28. The number of aromatic nitrogens is 5. The molecule has 1 amide bonds. The quantitative estimate of drug-likeness (QED) is 0.325. The van der Waals surface area contributed by atoms with Crippen LogP contribution in [0, 0.1) is 24.1 Å². The largest absolute Gasteiger partial charge is 0.443 e. The maximum absolute atomic E-state index is 15.1. The van der Waals surface area contributed by atoms with Gasteiger partial charge in [-0.2, -0.15) is 9.97 Å². The number of hydrogen-bond donors (Lipinski definition) is 1. The van der Waals surface area contributed by atoms with Gasteiger partial charge in [-0.3, -0.25) is 4.90 Å². The van der Waals surface area contributed by atoms with Crippen LogP contribution in [0.3, 0.4) is 0 Å². The van der Waals surface area contributed by atoms with Crippen LogP contribution in [0.25, 0.3) is 21.9 Å². The van der Waals surface area contributed by atoms with Crippen LogP contribution in [0.2, 0.25) is 0 Å². The van der Waals surface area contributed by atoms with Gasteiger partial charge in [0.15, 0.2) is 5.75 Å². The van der Waals surface area contributed by atoms with Gasteiger partial charge in [0, 0.05) is 25.5 Å². The van der Waals surface area contributed by atoms with Crippen LogP contribution in [0.1, 0.15) is 52.8 Å². The zero-order valence-electron chi connectivity index (χ0n) is 23.7. The highest BCUT2D eigenvalue weighted by molar-refractivity contribution is 6.16. The molecule has 1 aliphatic heterocycles. The van der Waals surface area contributed by atoms with E-state index in [0.29, 0.717) is 50.9 Å². The zero-order valence-corrected chi connectivity index (χ0v) is 23.7. The Balaban J connectivity index is 1.51. The average Bonchev–Trinajstić information content (AvgIpc) is 3.52. The first-order valence-electron chi connectivity index (χ1n) is 13.6. The number of aryl methyl sites for hydroxylation is 1. The monoisotopic (exact) mass is 547 g/mol. The normalized spacial score (nSPS) is 20.8. The smallest absolute Gasteiger partial charge is 0.414 e. The van der Waals surface area contributed by atoms with E-state index >= 15 is 4.39 Å². The molecule has 2 fully saturated rings. The summed E-state index contributed by atoms with van der Waals surface area (Å²) in [5, 5.41) is 1.27. The molecular weight excluding hydrogens is 513 g/mol. The SMILES string of the molecule is Cc1ncc(Oc2nc(N3C[C@@H]4CCC[C@]4(C)C3)c3c(n2)[nH]c2c(N(C)C(=O)OC(C)(C)C)cc(F)cc23)cn1. The number of ether oxygens (including phenoxy) is 2. The Morgan fingerprint density at radius 1 is 1.23 bits per heavy atom. The minimum atomic E-state index is -0.702. The fourth-order valence-electron chi connectivity index (χ4n) is 6.07. The molecule has 1 aromatic carbocycles. The van der Waals surface area contributed by atoms with Crippen LogP contribution in [-0.2, 0) is 4.74 Å². The molecule has 1 saturated heterocycles. The number of fused-ring (bicyclic) bond motifs is 4. The number of carbonyl (C=O) groups excluding carboxylic acids is 1. The number of benzene rings is 1. The van der Waals surface area contributed by atoms with E-state index in [1.54, 1.807) is 47.1 Å². The Hall–Kier alpha value is -4.02. The van der Waals surface area contributed by atoms with E-state index in [9.17, 15) is 4.79 Å². The first-order valence-corrected chi connectivity index (χ1v) is 13.6. The molecule has 2 atom stereocenters. The van der Waals surface area contributed by atoms with Crippen molar-refractivity contribution in [3.8, 4) is 11.8 Å². The van der Waals surface area contributed by atoms with E-state index in [1.165, 1.54) is 36.3 Å². The summed E-state index contributed by atoms with van der Waals surface area (Å²) in [6.07, 6.45) is 6.14. The molecule has 3 aromatic heterocycles. The molecule has 0 bridgehead atoms.